The second-order valence-electron chi connectivity index (χ2n) is 6.60. The lowest BCUT2D eigenvalue weighted by Crippen LogP contribution is -2.36. The zero-order valence-corrected chi connectivity index (χ0v) is 15.3. The van der Waals surface area contributed by atoms with Gasteiger partial charge in [0, 0.05) is 15.8 Å². The number of nitrogens with one attached hydrogen (secondary N) is 1. The van der Waals surface area contributed by atoms with Crippen LogP contribution < -0.4 is 5.32 Å². The second-order valence-corrected chi connectivity index (χ2v) is 7.98. The highest BCUT2D eigenvalue weighted by Gasteiger charge is 2.24. The molecule has 6 nitrogen and oxygen atoms in total. The van der Waals surface area contributed by atoms with E-state index in [-0.39, 0.29) is 11.9 Å². The van der Waals surface area contributed by atoms with Crippen LogP contribution in [0, 0.1) is 6.92 Å². The number of aromatic nitrogens is 3. The van der Waals surface area contributed by atoms with Crippen molar-refractivity contribution in [3.8, 4) is 0 Å². The van der Waals surface area contributed by atoms with E-state index in [0.717, 1.165) is 25.9 Å². The Morgan fingerprint density at radius 1 is 1.42 bits per heavy atom. The Bertz CT molecular complexity index is 687. The molecule has 3 heterocycles. The third-order valence-corrected chi connectivity index (χ3v) is 5.40. The van der Waals surface area contributed by atoms with Gasteiger partial charge in [-0.3, -0.25) is 4.79 Å². The highest BCUT2D eigenvalue weighted by molar-refractivity contribution is 7.11. The molecule has 130 valence electrons. The first-order chi connectivity index (χ1) is 11.5. The molecule has 0 unspecified atom stereocenters. The van der Waals surface area contributed by atoms with Crippen molar-refractivity contribution in [2.75, 3.05) is 13.1 Å². The quantitative estimate of drug-likeness (QED) is 0.903. The SMILES string of the molecule is Cc1ccc(CN(C(=O)c2cn(C3CCNCC3)nn2)C(C)C)s1. The van der Waals surface area contributed by atoms with Crippen LogP contribution in [-0.2, 0) is 6.54 Å². The van der Waals surface area contributed by atoms with Crippen LogP contribution in [0.15, 0.2) is 18.3 Å². The maximum Gasteiger partial charge on any atom is 0.276 e. The molecule has 2 aromatic heterocycles. The Kier molecular flexibility index (Phi) is 5.30. The molecule has 1 N–H and O–H groups in total. The van der Waals surface area contributed by atoms with Crippen molar-refractivity contribution in [2.24, 2.45) is 0 Å². The number of hydrogen-bond donors (Lipinski definition) is 1. The van der Waals surface area contributed by atoms with Gasteiger partial charge in [0.1, 0.15) is 0 Å². The van der Waals surface area contributed by atoms with Gasteiger partial charge < -0.3 is 10.2 Å². The van der Waals surface area contributed by atoms with E-state index in [9.17, 15) is 4.79 Å². The molecule has 1 fully saturated rings. The van der Waals surface area contributed by atoms with Crippen molar-refractivity contribution in [1.29, 1.82) is 0 Å². The summed E-state index contributed by atoms with van der Waals surface area (Å²) in [6.45, 7) is 8.76. The first-order valence-corrected chi connectivity index (χ1v) is 9.35. The van der Waals surface area contributed by atoms with Gasteiger partial charge in [-0.2, -0.15) is 0 Å². The molecule has 24 heavy (non-hydrogen) atoms. The van der Waals surface area contributed by atoms with Gasteiger partial charge in [0.05, 0.1) is 18.8 Å². The number of carbonyl (C=O) groups excluding carboxylic acids is 1. The molecule has 0 aromatic carbocycles. The first kappa shape index (κ1) is 17.1. The molecule has 0 saturated carbocycles. The summed E-state index contributed by atoms with van der Waals surface area (Å²) in [5.74, 6) is -0.0452. The van der Waals surface area contributed by atoms with E-state index in [2.05, 4.69) is 34.7 Å². The molecule has 2 aromatic rings. The molecule has 0 radical (unpaired) electrons. The summed E-state index contributed by atoms with van der Waals surface area (Å²) < 4.78 is 1.86. The van der Waals surface area contributed by atoms with Crippen LogP contribution in [0.5, 0.6) is 0 Å². The number of piperidine rings is 1. The molecule has 1 saturated heterocycles. The van der Waals surface area contributed by atoms with Gasteiger partial charge in [-0.1, -0.05) is 5.21 Å². The molecule has 1 aliphatic heterocycles. The van der Waals surface area contributed by atoms with E-state index in [0.29, 0.717) is 18.3 Å². The fourth-order valence-electron chi connectivity index (χ4n) is 3.00. The van der Waals surface area contributed by atoms with Gasteiger partial charge in [0.25, 0.3) is 5.91 Å². The minimum absolute atomic E-state index is 0.0452. The van der Waals surface area contributed by atoms with Crippen molar-refractivity contribution in [3.63, 3.8) is 0 Å². The molecule has 0 bridgehead atoms. The van der Waals surface area contributed by atoms with E-state index in [4.69, 9.17) is 0 Å². The summed E-state index contributed by atoms with van der Waals surface area (Å²) in [6, 6.07) is 4.64. The minimum atomic E-state index is -0.0452. The third-order valence-electron chi connectivity index (χ3n) is 4.42. The van der Waals surface area contributed by atoms with Crippen LogP contribution in [0.2, 0.25) is 0 Å². The fourth-order valence-corrected chi connectivity index (χ4v) is 3.89. The van der Waals surface area contributed by atoms with Gasteiger partial charge in [0.2, 0.25) is 0 Å². The maximum absolute atomic E-state index is 12.9. The van der Waals surface area contributed by atoms with Gasteiger partial charge in [0.15, 0.2) is 5.69 Å². The lowest BCUT2D eigenvalue weighted by atomic mass is 10.1. The van der Waals surface area contributed by atoms with E-state index in [1.165, 1.54) is 9.75 Å². The van der Waals surface area contributed by atoms with Gasteiger partial charge in [-0.25, -0.2) is 4.68 Å². The Hall–Kier alpha value is -1.73. The molecule has 0 aliphatic carbocycles. The fraction of sp³-hybridized carbons (Fsp3) is 0.588. The summed E-state index contributed by atoms with van der Waals surface area (Å²) >= 11 is 1.73. The molecule has 1 aliphatic rings. The normalized spacial score (nSPS) is 15.8. The summed E-state index contributed by atoms with van der Waals surface area (Å²) in [6.07, 6.45) is 3.87. The zero-order valence-electron chi connectivity index (χ0n) is 14.5. The second kappa shape index (κ2) is 7.44. The highest BCUT2D eigenvalue weighted by Crippen LogP contribution is 2.21. The molecular formula is C17H25N5OS. The lowest BCUT2D eigenvalue weighted by molar-refractivity contribution is 0.0686. The van der Waals surface area contributed by atoms with E-state index < -0.39 is 0 Å². The van der Waals surface area contributed by atoms with E-state index in [1.54, 1.807) is 11.3 Å². The largest absolute Gasteiger partial charge is 0.330 e. The lowest BCUT2D eigenvalue weighted by Gasteiger charge is -2.25. The molecule has 1 amide bonds. The standard InChI is InChI=1S/C17H25N5OS/c1-12(2)21(10-15-5-4-13(3)24-15)17(23)16-11-22(20-19-16)14-6-8-18-9-7-14/h4-5,11-12,14,18H,6-10H2,1-3H3. The van der Waals surface area contributed by atoms with Crippen LogP contribution in [-0.4, -0.2) is 44.9 Å². The molecule has 7 heteroatoms. The maximum atomic E-state index is 12.9. The van der Waals surface area contributed by atoms with Gasteiger partial charge in [-0.15, -0.1) is 16.4 Å². The van der Waals surface area contributed by atoms with Crippen LogP contribution in [0.4, 0.5) is 0 Å². The van der Waals surface area contributed by atoms with Crippen molar-refractivity contribution < 1.29 is 4.79 Å². The summed E-state index contributed by atoms with van der Waals surface area (Å²) in [7, 11) is 0. The van der Waals surface area contributed by atoms with E-state index >= 15 is 0 Å². The first-order valence-electron chi connectivity index (χ1n) is 8.53. The number of nitrogens with zero attached hydrogens (tertiary/aromatic N) is 4. The smallest absolute Gasteiger partial charge is 0.276 e. The van der Waals surface area contributed by atoms with Gasteiger partial charge in [-0.05, 0) is 58.8 Å². The van der Waals surface area contributed by atoms with E-state index in [1.807, 2.05) is 29.6 Å². The third kappa shape index (κ3) is 3.84. The summed E-state index contributed by atoms with van der Waals surface area (Å²) in [5.41, 5.74) is 0.440. The van der Waals surface area contributed by atoms with Crippen LogP contribution in [0.1, 0.15) is 53.0 Å². The minimum Gasteiger partial charge on any atom is -0.330 e. The van der Waals surface area contributed by atoms with Crippen molar-refractivity contribution in [1.82, 2.24) is 25.2 Å². The Labute approximate surface area is 146 Å². The summed E-state index contributed by atoms with van der Waals surface area (Å²) in [5, 5.41) is 11.7. The number of aryl methyl sites for hydroxylation is 1. The highest BCUT2D eigenvalue weighted by atomic mass is 32.1. The number of carbonyl (C=O) groups is 1. The van der Waals surface area contributed by atoms with Gasteiger partial charge >= 0.3 is 0 Å². The number of hydrogen-bond acceptors (Lipinski definition) is 5. The van der Waals surface area contributed by atoms with Crippen molar-refractivity contribution >= 4 is 17.2 Å². The van der Waals surface area contributed by atoms with Crippen molar-refractivity contribution in [3.05, 3.63) is 33.8 Å². The Morgan fingerprint density at radius 2 is 2.17 bits per heavy atom. The molecule has 3 rings (SSSR count). The van der Waals surface area contributed by atoms with Crippen LogP contribution >= 0.6 is 11.3 Å². The molecular weight excluding hydrogens is 322 g/mol. The van der Waals surface area contributed by atoms with Crippen LogP contribution in [0.3, 0.4) is 0 Å². The Balaban J connectivity index is 1.73. The molecule has 0 spiro atoms. The zero-order chi connectivity index (χ0) is 17.1. The average Bonchev–Trinajstić information content (AvgIpc) is 3.22. The topological polar surface area (TPSA) is 63.1 Å². The monoisotopic (exact) mass is 347 g/mol. The van der Waals surface area contributed by atoms with Crippen molar-refractivity contribution in [2.45, 2.75) is 52.2 Å². The predicted octanol–water partition coefficient (Wildman–Crippen LogP) is 2.62. The van der Waals surface area contributed by atoms with Crippen LogP contribution in [0.25, 0.3) is 0 Å². The number of thiophene rings is 1. The average molecular weight is 347 g/mol. The summed E-state index contributed by atoms with van der Waals surface area (Å²) in [4.78, 5) is 17.2. The predicted molar refractivity (Wildman–Crippen MR) is 95.2 cm³/mol. The number of rotatable bonds is 5. The number of amides is 1. The Morgan fingerprint density at radius 3 is 2.79 bits per heavy atom. The molecule has 0 atom stereocenters.